The number of nitrogens with two attached hydrogens (primary N) is 1. The molecule has 0 bridgehead atoms. The number of halogens is 1. The maximum Gasteiger partial charge on any atom is 0.164 e. The van der Waals surface area contributed by atoms with Gasteiger partial charge in [-0.3, -0.25) is 0 Å². The molecule has 108 valence electrons. The highest BCUT2D eigenvalue weighted by Gasteiger charge is 2.12. The second kappa shape index (κ2) is 7.17. The summed E-state index contributed by atoms with van der Waals surface area (Å²) in [4.78, 5) is 3.99. The number of aromatic nitrogens is 2. The van der Waals surface area contributed by atoms with Gasteiger partial charge >= 0.3 is 0 Å². The van der Waals surface area contributed by atoms with Gasteiger partial charge in [0, 0.05) is 29.0 Å². The zero-order valence-electron chi connectivity index (χ0n) is 11.4. The van der Waals surface area contributed by atoms with E-state index in [0.717, 1.165) is 5.56 Å². The van der Waals surface area contributed by atoms with Crippen molar-refractivity contribution in [2.45, 2.75) is 13.0 Å². The monoisotopic (exact) mass is 295 g/mol. The van der Waals surface area contributed by atoms with E-state index in [-0.39, 0.29) is 0 Å². The fraction of sp³-hybridized carbons (Fsp3) is 0.357. The third kappa shape index (κ3) is 3.65. The molecule has 5 nitrogen and oxygen atoms in total. The first kappa shape index (κ1) is 14.7. The Morgan fingerprint density at radius 3 is 2.90 bits per heavy atom. The Bertz CT molecular complexity index is 544. The number of hydrogen-bond acceptors (Lipinski definition) is 4. The summed E-state index contributed by atoms with van der Waals surface area (Å²) in [6.07, 6.45) is 6.08. The minimum Gasteiger partial charge on any atom is -0.493 e. The third-order valence-electron chi connectivity index (χ3n) is 2.89. The quantitative estimate of drug-likeness (QED) is 0.850. The number of rotatable bonds is 7. The SMILES string of the molecule is COc1cc(Cl)cc(CCN)c1OCCn1ccnc1. The Kier molecular flexibility index (Phi) is 5.26. The van der Waals surface area contributed by atoms with Crippen LogP contribution in [0.3, 0.4) is 0 Å². The molecule has 1 heterocycles. The summed E-state index contributed by atoms with van der Waals surface area (Å²) in [5.74, 6) is 1.34. The molecule has 0 atom stereocenters. The highest BCUT2D eigenvalue weighted by Crippen LogP contribution is 2.35. The topological polar surface area (TPSA) is 62.3 Å². The molecule has 0 spiro atoms. The van der Waals surface area contributed by atoms with E-state index in [4.69, 9.17) is 26.8 Å². The van der Waals surface area contributed by atoms with Crippen LogP contribution >= 0.6 is 11.6 Å². The lowest BCUT2D eigenvalue weighted by atomic mass is 10.1. The van der Waals surface area contributed by atoms with Gasteiger partial charge in [0.25, 0.3) is 0 Å². The van der Waals surface area contributed by atoms with Crippen LogP contribution in [0.25, 0.3) is 0 Å². The molecule has 0 unspecified atom stereocenters. The smallest absolute Gasteiger partial charge is 0.164 e. The van der Waals surface area contributed by atoms with Gasteiger partial charge in [-0.05, 0) is 19.0 Å². The molecule has 0 saturated carbocycles. The van der Waals surface area contributed by atoms with E-state index in [0.29, 0.717) is 42.6 Å². The summed E-state index contributed by atoms with van der Waals surface area (Å²) in [7, 11) is 1.60. The fourth-order valence-corrected chi connectivity index (χ4v) is 2.18. The lowest BCUT2D eigenvalue weighted by Crippen LogP contribution is -2.10. The van der Waals surface area contributed by atoms with Gasteiger partial charge in [-0.1, -0.05) is 11.6 Å². The zero-order valence-corrected chi connectivity index (χ0v) is 12.1. The summed E-state index contributed by atoms with van der Waals surface area (Å²) in [5.41, 5.74) is 6.59. The standard InChI is InChI=1S/C14H18ClN3O2/c1-19-13-9-12(15)8-11(2-3-16)14(13)20-7-6-18-5-4-17-10-18/h4-5,8-10H,2-3,6-7,16H2,1H3. The van der Waals surface area contributed by atoms with Crippen molar-refractivity contribution in [2.24, 2.45) is 5.73 Å². The first-order valence-corrected chi connectivity index (χ1v) is 6.77. The van der Waals surface area contributed by atoms with E-state index >= 15 is 0 Å². The molecular formula is C14H18ClN3O2. The second-order valence-corrected chi connectivity index (χ2v) is 4.72. The van der Waals surface area contributed by atoms with Crippen LogP contribution in [0, 0.1) is 0 Å². The summed E-state index contributed by atoms with van der Waals surface area (Å²) < 4.78 is 13.1. The van der Waals surface area contributed by atoms with Gasteiger partial charge in [0.15, 0.2) is 11.5 Å². The van der Waals surface area contributed by atoms with Crippen molar-refractivity contribution in [1.82, 2.24) is 9.55 Å². The maximum atomic E-state index is 6.06. The van der Waals surface area contributed by atoms with Crippen LogP contribution in [0.4, 0.5) is 0 Å². The predicted molar refractivity (Wildman–Crippen MR) is 78.5 cm³/mol. The summed E-state index contributed by atoms with van der Waals surface area (Å²) in [5, 5.41) is 0.618. The second-order valence-electron chi connectivity index (χ2n) is 4.28. The van der Waals surface area contributed by atoms with Gasteiger partial charge in [0.1, 0.15) is 6.61 Å². The van der Waals surface area contributed by atoms with E-state index < -0.39 is 0 Å². The molecule has 1 aromatic heterocycles. The van der Waals surface area contributed by atoms with Crippen LogP contribution < -0.4 is 15.2 Å². The molecule has 2 rings (SSSR count). The Labute approximate surface area is 123 Å². The number of methoxy groups -OCH3 is 1. The van der Waals surface area contributed by atoms with Crippen LogP contribution in [0.2, 0.25) is 5.02 Å². The number of hydrogen-bond donors (Lipinski definition) is 1. The maximum absolute atomic E-state index is 6.06. The fourth-order valence-electron chi connectivity index (χ4n) is 1.95. The van der Waals surface area contributed by atoms with E-state index in [9.17, 15) is 0 Å². The Morgan fingerprint density at radius 2 is 2.25 bits per heavy atom. The van der Waals surface area contributed by atoms with E-state index in [1.165, 1.54) is 0 Å². The summed E-state index contributed by atoms with van der Waals surface area (Å²) >= 11 is 6.06. The Balaban J connectivity index is 2.11. The average molecular weight is 296 g/mol. The predicted octanol–water partition coefficient (Wildman–Crippen LogP) is 2.13. The van der Waals surface area contributed by atoms with Crippen molar-refractivity contribution < 1.29 is 9.47 Å². The minimum atomic E-state index is 0.520. The molecular weight excluding hydrogens is 278 g/mol. The van der Waals surface area contributed by atoms with Gasteiger partial charge in [-0.2, -0.15) is 0 Å². The molecule has 0 aliphatic carbocycles. The number of imidazole rings is 1. The van der Waals surface area contributed by atoms with E-state index in [2.05, 4.69) is 4.98 Å². The normalized spacial score (nSPS) is 10.6. The van der Waals surface area contributed by atoms with Gasteiger partial charge in [-0.15, -0.1) is 0 Å². The van der Waals surface area contributed by atoms with Gasteiger partial charge in [0.05, 0.1) is 20.0 Å². The van der Waals surface area contributed by atoms with Crippen molar-refractivity contribution in [2.75, 3.05) is 20.3 Å². The first-order chi connectivity index (χ1) is 9.74. The summed E-state index contributed by atoms with van der Waals surface area (Å²) in [6, 6.07) is 3.61. The highest BCUT2D eigenvalue weighted by molar-refractivity contribution is 6.30. The molecule has 0 aliphatic rings. The largest absolute Gasteiger partial charge is 0.493 e. The number of nitrogens with zero attached hydrogens (tertiary/aromatic N) is 2. The molecule has 0 radical (unpaired) electrons. The lowest BCUT2D eigenvalue weighted by molar-refractivity contribution is 0.277. The number of benzene rings is 1. The van der Waals surface area contributed by atoms with Crippen molar-refractivity contribution in [3.05, 3.63) is 41.4 Å². The lowest BCUT2D eigenvalue weighted by Gasteiger charge is -2.15. The van der Waals surface area contributed by atoms with Gasteiger partial charge in [-0.25, -0.2) is 4.98 Å². The van der Waals surface area contributed by atoms with E-state index in [1.54, 1.807) is 25.7 Å². The van der Waals surface area contributed by atoms with Crippen molar-refractivity contribution >= 4 is 11.6 Å². The average Bonchev–Trinajstić information content (AvgIpc) is 2.94. The molecule has 0 amide bonds. The van der Waals surface area contributed by atoms with Crippen LogP contribution in [0.5, 0.6) is 11.5 Å². The van der Waals surface area contributed by atoms with E-state index in [1.807, 2.05) is 16.8 Å². The Morgan fingerprint density at radius 1 is 1.40 bits per heavy atom. The van der Waals surface area contributed by atoms with Gasteiger partial charge in [0.2, 0.25) is 0 Å². The third-order valence-corrected chi connectivity index (χ3v) is 3.10. The highest BCUT2D eigenvalue weighted by atomic mass is 35.5. The Hall–Kier alpha value is -1.72. The van der Waals surface area contributed by atoms with Crippen LogP contribution in [-0.2, 0) is 13.0 Å². The first-order valence-electron chi connectivity index (χ1n) is 6.39. The van der Waals surface area contributed by atoms with Crippen LogP contribution in [-0.4, -0.2) is 29.8 Å². The molecule has 2 N–H and O–H groups in total. The molecule has 1 aromatic carbocycles. The molecule has 20 heavy (non-hydrogen) atoms. The van der Waals surface area contributed by atoms with Crippen LogP contribution in [0.15, 0.2) is 30.9 Å². The van der Waals surface area contributed by atoms with Crippen molar-refractivity contribution in [1.29, 1.82) is 0 Å². The molecule has 0 fully saturated rings. The van der Waals surface area contributed by atoms with Crippen LogP contribution in [0.1, 0.15) is 5.56 Å². The molecule has 2 aromatic rings. The molecule has 6 heteroatoms. The minimum absolute atomic E-state index is 0.520. The zero-order chi connectivity index (χ0) is 14.4. The van der Waals surface area contributed by atoms with Crippen molar-refractivity contribution in [3.8, 4) is 11.5 Å². The van der Waals surface area contributed by atoms with Gasteiger partial charge < -0.3 is 19.8 Å². The van der Waals surface area contributed by atoms with Crippen molar-refractivity contribution in [3.63, 3.8) is 0 Å². The molecule has 0 saturated heterocycles. The number of ether oxygens (including phenoxy) is 2. The molecule has 0 aliphatic heterocycles. The summed E-state index contributed by atoms with van der Waals surface area (Å²) in [6.45, 7) is 1.77.